The SMILES string of the molecule is CN(C[C@H]1CCCO1)C(=O)c1cn(Cc2ccccc2F)nn1. The van der Waals surface area contributed by atoms with Gasteiger partial charge in [-0.2, -0.15) is 0 Å². The molecule has 1 aromatic heterocycles. The van der Waals surface area contributed by atoms with E-state index in [2.05, 4.69) is 10.3 Å². The minimum atomic E-state index is -0.300. The molecule has 1 fully saturated rings. The standard InChI is InChI=1S/C16H19FN4O2/c1-20(10-13-6-4-8-23-13)16(22)15-11-21(19-18-15)9-12-5-2-3-7-14(12)17/h2-3,5,7,11,13H,4,6,8-10H2,1H3/t13-/m1/s1. The van der Waals surface area contributed by atoms with Gasteiger partial charge in [0.25, 0.3) is 5.91 Å². The maximum Gasteiger partial charge on any atom is 0.275 e. The van der Waals surface area contributed by atoms with Gasteiger partial charge in [0.2, 0.25) is 0 Å². The second-order valence-corrected chi connectivity index (χ2v) is 5.71. The smallest absolute Gasteiger partial charge is 0.275 e. The van der Waals surface area contributed by atoms with Crippen molar-refractivity contribution >= 4 is 5.91 Å². The molecule has 1 aliphatic heterocycles. The van der Waals surface area contributed by atoms with E-state index in [1.54, 1.807) is 36.3 Å². The van der Waals surface area contributed by atoms with Crippen LogP contribution in [0.15, 0.2) is 30.5 Å². The Balaban J connectivity index is 1.64. The summed E-state index contributed by atoms with van der Waals surface area (Å²) in [6, 6.07) is 6.47. The number of carbonyl (C=O) groups excluding carboxylic acids is 1. The number of carbonyl (C=O) groups is 1. The Hall–Kier alpha value is -2.28. The normalized spacial score (nSPS) is 17.4. The summed E-state index contributed by atoms with van der Waals surface area (Å²) in [5.41, 5.74) is 0.756. The van der Waals surface area contributed by atoms with Crippen molar-refractivity contribution in [2.45, 2.75) is 25.5 Å². The Morgan fingerprint density at radius 1 is 1.48 bits per heavy atom. The van der Waals surface area contributed by atoms with E-state index in [4.69, 9.17) is 4.74 Å². The zero-order chi connectivity index (χ0) is 16.2. The number of nitrogens with zero attached hydrogens (tertiary/aromatic N) is 4. The highest BCUT2D eigenvalue weighted by Crippen LogP contribution is 2.14. The van der Waals surface area contributed by atoms with Crippen molar-refractivity contribution in [1.29, 1.82) is 0 Å². The lowest BCUT2D eigenvalue weighted by Crippen LogP contribution is -2.34. The first-order valence-corrected chi connectivity index (χ1v) is 7.64. The summed E-state index contributed by atoms with van der Waals surface area (Å²) < 4.78 is 20.6. The average molecular weight is 318 g/mol. The average Bonchev–Trinajstić information content (AvgIpc) is 3.20. The highest BCUT2D eigenvalue weighted by molar-refractivity contribution is 5.91. The lowest BCUT2D eigenvalue weighted by Gasteiger charge is -2.19. The number of aromatic nitrogens is 3. The molecule has 23 heavy (non-hydrogen) atoms. The van der Waals surface area contributed by atoms with Crippen LogP contribution in [0, 0.1) is 5.82 Å². The lowest BCUT2D eigenvalue weighted by atomic mass is 10.2. The predicted molar refractivity (Wildman–Crippen MR) is 81.5 cm³/mol. The molecule has 122 valence electrons. The number of halogens is 1. The van der Waals surface area contributed by atoms with Crippen LogP contribution in [0.25, 0.3) is 0 Å². The van der Waals surface area contributed by atoms with Gasteiger partial charge in [0, 0.05) is 25.8 Å². The molecule has 1 amide bonds. The number of benzene rings is 1. The van der Waals surface area contributed by atoms with E-state index < -0.39 is 0 Å². The van der Waals surface area contributed by atoms with Gasteiger partial charge in [-0.25, -0.2) is 9.07 Å². The summed E-state index contributed by atoms with van der Waals surface area (Å²) in [5.74, 6) is -0.508. The van der Waals surface area contributed by atoms with Crippen molar-refractivity contribution in [3.8, 4) is 0 Å². The Morgan fingerprint density at radius 3 is 3.04 bits per heavy atom. The Kier molecular flexibility index (Phi) is 4.66. The van der Waals surface area contributed by atoms with Crippen LogP contribution in [0.4, 0.5) is 4.39 Å². The fourth-order valence-corrected chi connectivity index (χ4v) is 2.65. The van der Waals surface area contributed by atoms with E-state index in [1.165, 1.54) is 10.7 Å². The molecule has 0 unspecified atom stereocenters. The van der Waals surface area contributed by atoms with Gasteiger partial charge in [-0.05, 0) is 18.9 Å². The fraction of sp³-hybridized carbons (Fsp3) is 0.438. The van der Waals surface area contributed by atoms with Crippen LogP contribution >= 0.6 is 0 Å². The van der Waals surface area contributed by atoms with Crippen LogP contribution in [-0.2, 0) is 11.3 Å². The molecule has 1 aromatic carbocycles. The van der Waals surface area contributed by atoms with Crippen molar-refractivity contribution in [2.24, 2.45) is 0 Å². The summed E-state index contributed by atoms with van der Waals surface area (Å²) in [6.45, 7) is 1.53. The van der Waals surface area contributed by atoms with E-state index in [1.807, 2.05) is 0 Å². The summed E-state index contributed by atoms with van der Waals surface area (Å²) in [4.78, 5) is 13.9. The zero-order valence-electron chi connectivity index (χ0n) is 13.0. The quantitative estimate of drug-likeness (QED) is 0.842. The van der Waals surface area contributed by atoms with Gasteiger partial charge in [0.1, 0.15) is 5.82 Å². The van der Waals surface area contributed by atoms with Crippen LogP contribution in [0.5, 0.6) is 0 Å². The van der Waals surface area contributed by atoms with E-state index in [9.17, 15) is 9.18 Å². The molecule has 0 bridgehead atoms. The Bertz CT molecular complexity index is 682. The van der Waals surface area contributed by atoms with Crippen LogP contribution in [-0.4, -0.2) is 52.1 Å². The molecule has 0 N–H and O–H groups in total. The molecule has 1 saturated heterocycles. The van der Waals surface area contributed by atoms with Crippen molar-refractivity contribution in [1.82, 2.24) is 19.9 Å². The summed E-state index contributed by atoms with van der Waals surface area (Å²) in [5, 5.41) is 7.81. The first-order chi connectivity index (χ1) is 11.1. The largest absolute Gasteiger partial charge is 0.376 e. The molecule has 0 spiro atoms. The predicted octanol–water partition coefficient (Wildman–Crippen LogP) is 1.72. The van der Waals surface area contributed by atoms with Gasteiger partial charge in [-0.15, -0.1) is 5.10 Å². The molecule has 0 saturated carbocycles. The van der Waals surface area contributed by atoms with E-state index in [0.717, 1.165) is 19.4 Å². The first kappa shape index (κ1) is 15.6. The van der Waals surface area contributed by atoms with Gasteiger partial charge in [-0.3, -0.25) is 4.79 Å². The Labute approximate surface area is 133 Å². The summed E-state index contributed by atoms with van der Waals surface area (Å²) in [6.07, 6.45) is 3.64. The third kappa shape index (κ3) is 3.73. The second-order valence-electron chi connectivity index (χ2n) is 5.71. The van der Waals surface area contributed by atoms with Crippen LogP contribution < -0.4 is 0 Å². The van der Waals surface area contributed by atoms with Crippen LogP contribution in [0.1, 0.15) is 28.9 Å². The first-order valence-electron chi connectivity index (χ1n) is 7.64. The molecular formula is C16H19FN4O2. The molecule has 3 rings (SSSR count). The number of rotatable bonds is 5. The van der Waals surface area contributed by atoms with Gasteiger partial charge < -0.3 is 9.64 Å². The van der Waals surface area contributed by atoms with Gasteiger partial charge in [0.15, 0.2) is 5.69 Å². The molecule has 2 aromatic rings. The monoisotopic (exact) mass is 318 g/mol. The molecular weight excluding hydrogens is 299 g/mol. The topological polar surface area (TPSA) is 60.2 Å². The summed E-state index contributed by atoms with van der Waals surface area (Å²) in [7, 11) is 1.72. The summed E-state index contributed by atoms with van der Waals surface area (Å²) >= 11 is 0. The minimum absolute atomic E-state index is 0.0948. The number of hydrogen-bond donors (Lipinski definition) is 0. The van der Waals surface area contributed by atoms with E-state index >= 15 is 0 Å². The molecule has 0 radical (unpaired) electrons. The molecule has 0 aliphatic carbocycles. The maximum absolute atomic E-state index is 13.6. The maximum atomic E-state index is 13.6. The van der Waals surface area contributed by atoms with E-state index in [-0.39, 0.29) is 30.1 Å². The van der Waals surface area contributed by atoms with Crippen molar-refractivity contribution < 1.29 is 13.9 Å². The molecule has 6 nitrogen and oxygen atoms in total. The van der Waals surface area contributed by atoms with Gasteiger partial charge in [-0.1, -0.05) is 23.4 Å². The number of hydrogen-bond acceptors (Lipinski definition) is 4. The zero-order valence-corrected chi connectivity index (χ0v) is 13.0. The third-order valence-electron chi connectivity index (χ3n) is 3.90. The van der Waals surface area contributed by atoms with Crippen molar-refractivity contribution in [3.05, 3.63) is 47.5 Å². The molecule has 7 heteroatoms. The van der Waals surface area contributed by atoms with Crippen molar-refractivity contribution in [2.75, 3.05) is 20.2 Å². The number of likely N-dealkylation sites (N-methyl/N-ethyl adjacent to an activating group) is 1. The lowest BCUT2D eigenvalue weighted by molar-refractivity contribution is 0.0582. The highest BCUT2D eigenvalue weighted by atomic mass is 19.1. The molecule has 1 aliphatic rings. The third-order valence-corrected chi connectivity index (χ3v) is 3.90. The molecule has 2 heterocycles. The fourth-order valence-electron chi connectivity index (χ4n) is 2.65. The highest BCUT2D eigenvalue weighted by Gasteiger charge is 2.22. The van der Waals surface area contributed by atoms with Gasteiger partial charge >= 0.3 is 0 Å². The number of ether oxygens (including phenoxy) is 1. The van der Waals surface area contributed by atoms with Crippen LogP contribution in [0.2, 0.25) is 0 Å². The van der Waals surface area contributed by atoms with Gasteiger partial charge in [0.05, 0.1) is 18.8 Å². The second kappa shape index (κ2) is 6.87. The number of amides is 1. The van der Waals surface area contributed by atoms with E-state index in [0.29, 0.717) is 12.1 Å². The van der Waals surface area contributed by atoms with Crippen LogP contribution in [0.3, 0.4) is 0 Å². The Morgan fingerprint density at radius 2 is 2.30 bits per heavy atom. The minimum Gasteiger partial charge on any atom is -0.376 e. The van der Waals surface area contributed by atoms with Crippen molar-refractivity contribution in [3.63, 3.8) is 0 Å². The molecule has 1 atom stereocenters.